The summed E-state index contributed by atoms with van der Waals surface area (Å²) in [5.74, 6) is -4.74. The fourth-order valence-corrected chi connectivity index (χ4v) is 2.39. The van der Waals surface area contributed by atoms with Crippen molar-refractivity contribution in [3.8, 4) is 6.07 Å². The average Bonchev–Trinajstić information content (AvgIpc) is 2.48. The Kier molecular flexibility index (Phi) is 6.41. The van der Waals surface area contributed by atoms with Crippen LogP contribution in [0.4, 0.5) is 0 Å². The van der Waals surface area contributed by atoms with E-state index in [-0.39, 0.29) is 6.61 Å². The van der Waals surface area contributed by atoms with Gasteiger partial charge in [-0.3, -0.25) is 9.59 Å². The van der Waals surface area contributed by atoms with Gasteiger partial charge >= 0.3 is 11.9 Å². The first-order valence-corrected chi connectivity index (χ1v) is 6.90. The molecule has 1 aromatic carbocycles. The molecule has 21 heavy (non-hydrogen) atoms. The van der Waals surface area contributed by atoms with E-state index in [0.717, 1.165) is 0 Å². The van der Waals surface area contributed by atoms with Crippen molar-refractivity contribution in [1.29, 1.82) is 5.26 Å². The van der Waals surface area contributed by atoms with Crippen molar-refractivity contribution in [3.63, 3.8) is 0 Å². The normalized spacial score (nSPS) is 14.5. The van der Waals surface area contributed by atoms with Gasteiger partial charge in [0.1, 0.15) is 0 Å². The highest BCUT2D eigenvalue weighted by atomic mass is 16.5. The molecule has 112 valence electrons. The number of carboxylic acid groups (broad SMARTS) is 1. The minimum Gasteiger partial charge on any atom is -0.481 e. The highest BCUT2D eigenvalue weighted by Gasteiger charge is 2.41. The predicted octanol–water partition coefficient (Wildman–Crippen LogP) is 2.58. The average molecular weight is 289 g/mol. The molecule has 1 N–H and O–H groups in total. The van der Waals surface area contributed by atoms with E-state index in [1.165, 1.54) is 0 Å². The predicted molar refractivity (Wildman–Crippen MR) is 76.3 cm³/mol. The Morgan fingerprint density at radius 3 is 2.33 bits per heavy atom. The van der Waals surface area contributed by atoms with Crippen LogP contribution in [0.1, 0.15) is 31.7 Å². The number of hydrogen-bond donors (Lipinski definition) is 1. The van der Waals surface area contributed by atoms with Crippen LogP contribution in [0.5, 0.6) is 0 Å². The van der Waals surface area contributed by atoms with Crippen LogP contribution in [-0.2, 0) is 14.3 Å². The molecule has 0 aliphatic rings. The zero-order chi connectivity index (χ0) is 15.8. The maximum atomic E-state index is 12.0. The zero-order valence-corrected chi connectivity index (χ0v) is 12.2. The Labute approximate surface area is 124 Å². The standard InChI is InChI=1S/C16H19NO4/c1-3-11(10-17)13(12-8-6-5-7-9-12)14(15(18)19)16(20)21-4-2/h5-9,11,13-14H,3-4H2,1-2H3,(H,18,19). The number of nitrogens with zero attached hydrogens (tertiary/aromatic N) is 1. The molecule has 0 radical (unpaired) electrons. The Bertz CT molecular complexity index is 521. The molecule has 0 heterocycles. The lowest BCUT2D eigenvalue weighted by Gasteiger charge is -2.26. The number of benzene rings is 1. The molecule has 0 aliphatic heterocycles. The molecule has 5 nitrogen and oxygen atoms in total. The van der Waals surface area contributed by atoms with Crippen molar-refractivity contribution in [3.05, 3.63) is 35.9 Å². The second-order valence-electron chi connectivity index (χ2n) is 4.65. The van der Waals surface area contributed by atoms with E-state index in [1.54, 1.807) is 44.2 Å². The van der Waals surface area contributed by atoms with Crippen molar-refractivity contribution in [2.45, 2.75) is 26.2 Å². The molecule has 5 heteroatoms. The first-order chi connectivity index (χ1) is 10.1. The van der Waals surface area contributed by atoms with Crippen LogP contribution >= 0.6 is 0 Å². The molecule has 0 fully saturated rings. The molecule has 0 aliphatic carbocycles. The van der Waals surface area contributed by atoms with E-state index in [0.29, 0.717) is 12.0 Å². The first-order valence-electron chi connectivity index (χ1n) is 6.90. The van der Waals surface area contributed by atoms with Gasteiger partial charge in [0.15, 0.2) is 5.92 Å². The molecule has 0 spiro atoms. The second-order valence-corrected chi connectivity index (χ2v) is 4.65. The first kappa shape index (κ1) is 16.7. The number of hydrogen-bond acceptors (Lipinski definition) is 4. The van der Waals surface area contributed by atoms with Crippen LogP contribution in [0.15, 0.2) is 30.3 Å². The SMILES string of the molecule is CCOC(=O)C(C(=O)O)C(c1ccccc1)C(C#N)CC. The Morgan fingerprint density at radius 1 is 1.29 bits per heavy atom. The summed E-state index contributed by atoms with van der Waals surface area (Å²) in [7, 11) is 0. The summed E-state index contributed by atoms with van der Waals surface area (Å²) in [4.78, 5) is 23.6. The summed E-state index contributed by atoms with van der Waals surface area (Å²) in [5.41, 5.74) is 0.659. The van der Waals surface area contributed by atoms with Gasteiger partial charge < -0.3 is 9.84 Å². The fraction of sp³-hybridized carbons (Fsp3) is 0.438. The van der Waals surface area contributed by atoms with Crippen molar-refractivity contribution in [2.75, 3.05) is 6.61 Å². The van der Waals surface area contributed by atoms with Crippen molar-refractivity contribution in [1.82, 2.24) is 0 Å². The van der Waals surface area contributed by atoms with Gasteiger partial charge in [-0.05, 0) is 18.9 Å². The van der Waals surface area contributed by atoms with E-state index in [9.17, 15) is 20.0 Å². The van der Waals surface area contributed by atoms with E-state index in [1.807, 2.05) is 0 Å². The van der Waals surface area contributed by atoms with Crippen molar-refractivity contribution >= 4 is 11.9 Å². The molecule has 0 saturated heterocycles. The lowest BCUT2D eigenvalue weighted by Crippen LogP contribution is -2.35. The summed E-state index contributed by atoms with van der Waals surface area (Å²) in [6.07, 6.45) is 0.458. The fourth-order valence-electron chi connectivity index (χ4n) is 2.39. The molecule has 0 amide bonds. The minimum atomic E-state index is -1.38. The largest absolute Gasteiger partial charge is 0.481 e. The van der Waals surface area contributed by atoms with Gasteiger partial charge in [-0.15, -0.1) is 0 Å². The van der Waals surface area contributed by atoms with Crippen LogP contribution in [0.3, 0.4) is 0 Å². The number of esters is 1. The van der Waals surface area contributed by atoms with E-state index in [2.05, 4.69) is 6.07 Å². The monoisotopic (exact) mass is 289 g/mol. The molecule has 0 saturated carbocycles. The third-order valence-electron chi connectivity index (χ3n) is 3.39. The molecular formula is C16H19NO4. The molecule has 1 aromatic rings. The van der Waals surface area contributed by atoms with Crippen LogP contribution in [0, 0.1) is 23.2 Å². The minimum absolute atomic E-state index is 0.105. The van der Waals surface area contributed by atoms with Crippen LogP contribution < -0.4 is 0 Å². The lowest BCUT2D eigenvalue weighted by molar-refractivity contribution is -0.160. The van der Waals surface area contributed by atoms with Crippen LogP contribution in [-0.4, -0.2) is 23.7 Å². The number of carbonyl (C=O) groups is 2. The lowest BCUT2D eigenvalue weighted by atomic mass is 9.76. The van der Waals surface area contributed by atoms with Gasteiger partial charge in [0, 0.05) is 5.92 Å². The second kappa shape index (κ2) is 8.05. The molecule has 0 bridgehead atoms. The number of aliphatic carboxylic acids is 1. The zero-order valence-electron chi connectivity index (χ0n) is 12.2. The highest BCUT2D eigenvalue weighted by molar-refractivity contribution is 5.95. The van der Waals surface area contributed by atoms with Crippen LogP contribution in [0.2, 0.25) is 0 Å². The molecule has 0 aromatic heterocycles. The molecule has 3 atom stereocenters. The maximum absolute atomic E-state index is 12.0. The van der Waals surface area contributed by atoms with Gasteiger partial charge in [0.2, 0.25) is 0 Å². The third kappa shape index (κ3) is 4.06. The molecule has 3 unspecified atom stereocenters. The van der Waals surface area contributed by atoms with E-state index >= 15 is 0 Å². The van der Waals surface area contributed by atoms with Gasteiger partial charge in [0.25, 0.3) is 0 Å². The smallest absolute Gasteiger partial charge is 0.320 e. The Morgan fingerprint density at radius 2 is 1.90 bits per heavy atom. The van der Waals surface area contributed by atoms with Crippen molar-refractivity contribution < 1.29 is 19.4 Å². The van der Waals surface area contributed by atoms with E-state index < -0.39 is 29.7 Å². The topological polar surface area (TPSA) is 87.4 Å². The molecule has 1 rings (SSSR count). The third-order valence-corrected chi connectivity index (χ3v) is 3.39. The number of ether oxygens (including phenoxy) is 1. The quantitative estimate of drug-likeness (QED) is 0.615. The summed E-state index contributed by atoms with van der Waals surface area (Å²) in [5, 5.41) is 18.7. The summed E-state index contributed by atoms with van der Waals surface area (Å²) in [6, 6.07) is 10.9. The maximum Gasteiger partial charge on any atom is 0.320 e. The molecular weight excluding hydrogens is 270 g/mol. The Balaban J connectivity index is 3.29. The highest BCUT2D eigenvalue weighted by Crippen LogP contribution is 2.35. The van der Waals surface area contributed by atoms with Gasteiger partial charge in [-0.25, -0.2) is 0 Å². The number of nitriles is 1. The summed E-state index contributed by atoms with van der Waals surface area (Å²) in [6.45, 7) is 3.53. The van der Waals surface area contributed by atoms with Gasteiger partial charge in [-0.2, -0.15) is 5.26 Å². The van der Waals surface area contributed by atoms with Gasteiger partial charge in [0.05, 0.1) is 18.6 Å². The van der Waals surface area contributed by atoms with Gasteiger partial charge in [-0.1, -0.05) is 37.3 Å². The number of carbonyl (C=O) groups excluding carboxylic acids is 1. The van der Waals surface area contributed by atoms with E-state index in [4.69, 9.17) is 4.74 Å². The Hall–Kier alpha value is -2.35. The summed E-state index contributed by atoms with van der Waals surface area (Å²) >= 11 is 0. The van der Waals surface area contributed by atoms with Crippen molar-refractivity contribution in [2.24, 2.45) is 11.8 Å². The number of carboxylic acids is 1. The van der Waals surface area contributed by atoms with Crippen LogP contribution in [0.25, 0.3) is 0 Å². The number of rotatable bonds is 7. The summed E-state index contributed by atoms with van der Waals surface area (Å²) < 4.78 is 4.88.